The van der Waals surface area contributed by atoms with Crippen LogP contribution >= 0.6 is 0 Å². The van der Waals surface area contributed by atoms with Crippen molar-refractivity contribution in [3.63, 3.8) is 0 Å². The van der Waals surface area contributed by atoms with Crippen LogP contribution in [0, 0.1) is 10.1 Å². The Bertz CT molecular complexity index is 541. The summed E-state index contributed by atoms with van der Waals surface area (Å²) < 4.78 is 5.52. The van der Waals surface area contributed by atoms with Crippen LogP contribution in [0.1, 0.15) is 30.1 Å². The molecule has 0 aliphatic carbocycles. The van der Waals surface area contributed by atoms with Gasteiger partial charge in [0, 0.05) is 31.5 Å². The number of nitro groups is 1. The van der Waals surface area contributed by atoms with Gasteiger partial charge >= 0.3 is 0 Å². The minimum atomic E-state index is -0.563. The quantitative estimate of drug-likeness (QED) is 0.507. The third-order valence-electron chi connectivity index (χ3n) is 3.56. The molecule has 0 spiro atoms. The molecule has 0 bridgehead atoms. The monoisotopic (exact) mass is 293 g/mol. The highest BCUT2D eigenvalue weighted by molar-refractivity contribution is 5.99. The van der Waals surface area contributed by atoms with Crippen molar-refractivity contribution in [1.29, 1.82) is 0 Å². The molecular formula is C14H19N3O4. The van der Waals surface area contributed by atoms with E-state index < -0.39 is 4.92 Å². The Kier molecular flexibility index (Phi) is 4.74. The van der Waals surface area contributed by atoms with E-state index >= 15 is 0 Å². The lowest BCUT2D eigenvalue weighted by molar-refractivity contribution is -0.385. The van der Waals surface area contributed by atoms with Crippen LogP contribution in [0.5, 0.6) is 0 Å². The number of rotatable bonds is 5. The average Bonchev–Trinajstić information content (AvgIpc) is 2.96. The first-order valence-electron chi connectivity index (χ1n) is 6.97. The lowest BCUT2D eigenvalue weighted by atomic mass is 10.1. The molecule has 7 heteroatoms. The molecule has 1 saturated heterocycles. The molecule has 2 rings (SSSR count). The van der Waals surface area contributed by atoms with Gasteiger partial charge in [-0.1, -0.05) is 0 Å². The van der Waals surface area contributed by atoms with Crippen molar-refractivity contribution in [3.05, 3.63) is 33.9 Å². The van der Waals surface area contributed by atoms with Crippen molar-refractivity contribution in [1.82, 2.24) is 4.90 Å². The van der Waals surface area contributed by atoms with Gasteiger partial charge in [0.25, 0.3) is 11.6 Å². The molecule has 1 amide bonds. The fraction of sp³-hybridized carbons (Fsp3) is 0.500. The first-order chi connectivity index (χ1) is 10.0. The normalized spacial score (nSPS) is 17.7. The second-order valence-electron chi connectivity index (χ2n) is 5.01. The predicted molar refractivity (Wildman–Crippen MR) is 78.1 cm³/mol. The smallest absolute Gasteiger partial charge is 0.282 e. The fourth-order valence-corrected chi connectivity index (χ4v) is 2.44. The minimum Gasteiger partial charge on any atom is -0.399 e. The van der Waals surface area contributed by atoms with Crippen LogP contribution in [0.2, 0.25) is 0 Å². The number of nitro benzene ring substituents is 1. The Morgan fingerprint density at radius 2 is 2.33 bits per heavy atom. The fourth-order valence-electron chi connectivity index (χ4n) is 2.44. The van der Waals surface area contributed by atoms with E-state index in [4.69, 9.17) is 10.5 Å². The minimum absolute atomic E-state index is 0.00835. The SMILES string of the molecule is CCN(CC1CCCO1)C(=O)c1cc(N)ccc1[N+](=O)[O-]. The zero-order chi connectivity index (χ0) is 15.4. The van der Waals surface area contributed by atoms with Gasteiger partial charge in [0.2, 0.25) is 0 Å². The largest absolute Gasteiger partial charge is 0.399 e. The summed E-state index contributed by atoms with van der Waals surface area (Å²) in [5, 5.41) is 11.1. The number of benzene rings is 1. The number of nitrogen functional groups attached to an aromatic ring is 1. The van der Waals surface area contributed by atoms with Gasteiger partial charge in [0.15, 0.2) is 0 Å². The van der Waals surface area contributed by atoms with E-state index in [9.17, 15) is 14.9 Å². The van der Waals surface area contributed by atoms with Gasteiger partial charge in [0.05, 0.1) is 11.0 Å². The number of nitrogens with zero attached hydrogens (tertiary/aromatic N) is 2. The number of carbonyl (C=O) groups is 1. The van der Waals surface area contributed by atoms with Gasteiger partial charge in [-0.3, -0.25) is 14.9 Å². The number of hydrogen-bond donors (Lipinski definition) is 1. The number of ether oxygens (including phenoxy) is 1. The molecule has 21 heavy (non-hydrogen) atoms. The highest BCUT2D eigenvalue weighted by atomic mass is 16.6. The van der Waals surface area contributed by atoms with Crippen molar-refractivity contribution in [3.8, 4) is 0 Å². The first-order valence-corrected chi connectivity index (χ1v) is 6.97. The molecule has 1 heterocycles. The van der Waals surface area contributed by atoms with Crippen LogP contribution in [0.3, 0.4) is 0 Å². The summed E-state index contributed by atoms with van der Waals surface area (Å²) in [7, 11) is 0. The number of anilines is 1. The van der Waals surface area contributed by atoms with E-state index in [1.165, 1.54) is 18.2 Å². The number of likely N-dealkylation sites (N-methyl/N-ethyl adjacent to an activating group) is 1. The molecule has 1 aliphatic rings. The molecule has 0 aromatic heterocycles. The summed E-state index contributed by atoms with van der Waals surface area (Å²) >= 11 is 0. The highest BCUT2D eigenvalue weighted by Gasteiger charge is 2.27. The summed E-state index contributed by atoms with van der Waals surface area (Å²) in [6.07, 6.45) is 1.89. The number of nitrogens with two attached hydrogens (primary N) is 1. The Hall–Kier alpha value is -2.15. The second kappa shape index (κ2) is 6.53. The van der Waals surface area contributed by atoms with Crippen LogP contribution in [0.4, 0.5) is 11.4 Å². The highest BCUT2D eigenvalue weighted by Crippen LogP contribution is 2.23. The average molecular weight is 293 g/mol. The van der Waals surface area contributed by atoms with Gasteiger partial charge in [-0.2, -0.15) is 0 Å². The van der Waals surface area contributed by atoms with Crippen LogP contribution in [-0.2, 0) is 4.74 Å². The Morgan fingerprint density at radius 1 is 1.57 bits per heavy atom. The molecule has 1 atom stereocenters. The second-order valence-corrected chi connectivity index (χ2v) is 5.01. The van der Waals surface area contributed by atoms with E-state index in [0.717, 1.165) is 12.8 Å². The molecule has 1 aliphatic heterocycles. The van der Waals surface area contributed by atoms with E-state index in [2.05, 4.69) is 0 Å². The summed E-state index contributed by atoms with van der Waals surface area (Å²) in [4.78, 5) is 24.6. The van der Waals surface area contributed by atoms with Gasteiger partial charge in [-0.25, -0.2) is 0 Å². The summed E-state index contributed by atoms with van der Waals surface area (Å²) in [5.41, 5.74) is 5.79. The van der Waals surface area contributed by atoms with E-state index in [1.54, 1.807) is 4.90 Å². The zero-order valence-electron chi connectivity index (χ0n) is 11.9. The van der Waals surface area contributed by atoms with E-state index in [1.807, 2.05) is 6.92 Å². The zero-order valence-corrected chi connectivity index (χ0v) is 11.9. The van der Waals surface area contributed by atoms with Gasteiger partial charge < -0.3 is 15.4 Å². The van der Waals surface area contributed by atoms with Crippen molar-refractivity contribution in [2.24, 2.45) is 0 Å². The molecular weight excluding hydrogens is 274 g/mol. The third kappa shape index (κ3) is 3.49. The molecule has 2 N–H and O–H groups in total. The maximum absolute atomic E-state index is 12.6. The van der Waals surface area contributed by atoms with Crippen LogP contribution < -0.4 is 5.73 Å². The van der Waals surface area contributed by atoms with Crippen LogP contribution in [-0.4, -0.2) is 41.5 Å². The molecule has 0 saturated carbocycles. The van der Waals surface area contributed by atoms with Crippen molar-refractivity contribution >= 4 is 17.3 Å². The van der Waals surface area contributed by atoms with Gasteiger partial charge in [0.1, 0.15) is 5.56 Å². The molecule has 1 fully saturated rings. The summed E-state index contributed by atoms with van der Waals surface area (Å²) in [5.74, 6) is -0.382. The Morgan fingerprint density at radius 3 is 2.90 bits per heavy atom. The van der Waals surface area contributed by atoms with E-state index in [0.29, 0.717) is 25.4 Å². The molecule has 7 nitrogen and oxygen atoms in total. The standard InChI is InChI=1S/C14H19N3O4/c1-2-16(9-11-4-3-7-21-11)14(18)12-8-10(15)5-6-13(12)17(19)20/h5-6,8,11H,2-4,7,9,15H2,1H3. The van der Waals surface area contributed by atoms with Crippen molar-refractivity contribution in [2.75, 3.05) is 25.4 Å². The van der Waals surface area contributed by atoms with Crippen molar-refractivity contribution in [2.45, 2.75) is 25.9 Å². The Labute approximate surface area is 122 Å². The number of hydrogen-bond acceptors (Lipinski definition) is 5. The maximum Gasteiger partial charge on any atom is 0.282 e. The molecule has 1 aromatic carbocycles. The number of carbonyl (C=O) groups excluding carboxylic acids is 1. The maximum atomic E-state index is 12.6. The van der Waals surface area contributed by atoms with Crippen molar-refractivity contribution < 1.29 is 14.5 Å². The molecule has 0 radical (unpaired) electrons. The van der Waals surface area contributed by atoms with Crippen LogP contribution in [0.25, 0.3) is 0 Å². The first kappa shape index (κ1) is 15.2. The van der Waals surface area contributed by atoms with Gasteiger partial charge in [-0.15, -0.1) is 0 Å². The lowest BCUT2D eigenvalue weighted by Crippen LogP contribution is -2.37. The van der Waals surface area contributed by atoms with Gasteiger partial charge in [-0.05, 0) is 31.9 Å². The predicted octanol–water partition coefficient (Wildman–Crippen LogP) is 1.82. The molecule has 114 valence electrons. The topological polar surface area (TPSA) is 98.7 Å². The van der Waals surface area contributed by atoms with E-state index in [-0.39, 0.29) is 23.3 Å². The van der Waals surface area contributed by atoms with Crippen LogP contribution in [0.15, 0.2) is 18.2 Å². The number of amides is 1. The lowest BCUT2D eigenvalue weighted by Gasteiger charge is -2.24. The molecule has 1 aromatic rings. The molecule has 1 unspecified atom stereocenters. The Balaban J connectivity index is 2.23. The summed E-state index contributed by atoms with van der Waals surface area (Å²) in [6.45, 7) is 3.45. The third-order valence-corrected chi connectivity index (χ3v) is 3.56. The summed E-state index contributed by atoms with van der Waals surface area (Å²) in [6, 6.07) is 4.05.